The molecule has 1 saturated heterocycles. The fraction of sp³-hybridized carbons (Fsp3) is 0.611. The van der Waals surface area contributed by atoms with Gasteiger partial charge in [-0.3, -0.25) is 9.69 Å². The number of morpholine rings is 1. The summed E-state index contributed by atoms with van der Waals surface area (Å²) in [6.07, 6.45) is 1.34. The van der Waals surface area contributed by atoms with Crippen LogP contribution in [0.4, 0.5) is 0 Å². The smallest absolute Gasteiger partial charge is 0.220 e. The standard InChI is InChI=1S/C18H28N2O2/c1-15-4-6-16(7-5-15)8-9-17(21)19-14-18(2,3)20-10-12-22-13-11-20/h4-7H,8-14H2,1-3H3,(H,19,21). The summed E-state index contributed by atoms with van der Waals surface area (Å²) in [5.74, 6) is 0.127. The molecule has 0 radical (unpaired) electrons. The van der Waals surface area contributed by atoms with Crippen molar-refractivity contribution in [2.24, 2.45) is 0 Å². The monoisotopic (exact) mass is 304 g/mol. The number of nitrogens with zero attached hydrogens (tertiary/aromatic N) is 1. The zero-order valence-electron chi connectivity index (χ0n) is 14.0. The number of aryl methyl sites for hydroxylation is 2. The molecule has 22 heavy (non-hydrogen) atoms. The molecule has 0 aromatic heterocycles. The van der Waals surface area contributed by atoms with Gasteiger partial charge in [-0.1, -0.05) is 29.8 Å². The molecule has 1 aliphatic rings. The molecule has 0 atom stereocenters. The van der Waals surface area contributed by atoms with Gasteiger partial charge in [0.2, 0.25) is 5.91 Å². The Labute approximate surface area is 133 Å². The van der Waals surface area contributed by atoms with Crippen molar-refractivity contribution in [1.82, 2.24) is 10.2 Å². The summed E-state index contributed by atoms with van der Waals surface area (Å²) in [5.41, 5.74) is 2.44. The Morgan fingerprint density at radius 3 is 2.50 bits per heavy atom. The average Bonchev–Trinajstić information content (AvgIpc) is 2.53. The molecule has 1 fully saturated rings. The molecule has 1 amide bonds. The summed E-state index contributed by atoms with van der Waals surface area (Å²) in [6.45, 7) is 10.6. The van der Waals surface area contributed by atoms with Gasteiger partial charge in [0.05, 0.1) is 13.2 Å². The molecule has 1 aromatic carbocycles. The summed E-state index contributed by atoms with van der Waals surface area (Å²) < 4.78 is 5.39. The first-order chi connectivity index (χ1) is 10.5. The minimum atomic E-state index is -0.0245. The van der Waals surface area contributed by atoms with E-state index in [0.717, 1.165) is 32.7 Å². The third-order valence-electron chi connectivity index (χ3n) is 4.35. The molecule has 1 aromatic rings. The molecule has 4 nitrogen and oxygen atoms in total. The van der Waals surface area contributed by atoms with Crippen molar-refractivity contribution in [2.75, 3.05) is 32.8 Å². The highest BCUT2D eigenvalue weighted by Gasteiger charge is 2.28. The first-order valence-corrected chi connectivity index (χ1v) is 8.12. The Hall–Kier alpha value is -1.39. The van der Waals surface area contributed by atoms with Crippen LogP contribution in [-0.2, 0) is 16.0 Å². The van der Waals surface area contributed by atoms with Gasteiger partial charge in [0.25, 0.3) is 0 Å². The first kappa shape index (κ1) is 17.0. The van der Waals surface area contributed by atoms with Crippen LogP contribution >= 0.6 is 0 Å². The zero-order valence-corrected chi connectivity index (χ0v) is 14.0. The number of hydrogen-bond acceptors (Lipinski definition) is 3. The molecular weight excluding hydrogens is 276 g/mol. The number of hydrogen-bond donors (Lipinski definition) is 1. The van der Waals surface area contributed by atoms with Gasteiger partial charge < -0.3 is 10.1 Å². The van der Waals surface area contributed by atoms with Crippen molar-refractivity contribution in [3.8, 4) is 0 Å². The van der Waals surface area contributed by atoms with E-state index in [0.29, 0.717) is 13.0 Å². The van der Waals surface area contributed by atoms with E-state index < -0.39 is 0 Å². The van der Waals surface area contributed by atoms with Crippen molar-refractivity contribution < 1.29 is 9.53 Å². The second kappa shape index (κ2) is 7.75. The van der Waals surface area contributed by atoms with Gasteiger partial charge in [0.1, 0.15) is 0 Å². The van der Waals surface area contributed by atoms with Crippen LogP contribution in [0.2, 0.25) is 0 Å². The molecule has 0 bridgehead atoms. The van der Waals surface area contributed by atoms with Gasteiger partial charge in [-0.2, -0.15) is 0 Å². The summed E-state index contributed by atoms with van der Waals surface area (Å²) in [4.78, 5) is 14.4. The lowest BCUT2D eigenvalue weighted by atomic mass is 10.0. The summed E-state index contributed by atoms with van der Waals surface area (Å²) >= 11 is 0. The fourth-order valence-electron chi connectivity index (χ4n) is 2.70. The van der Waals surface area contributed by atoms with E-state index in [1.807, 2.05) is 0 Å². The molecule has 1 heterocycles. The molecule has 1 N–H and O–H groups in total. The molecule has 0 saturated carbocycles. The number of carbonyl (C=O) groups is 1. The van der Waals surface area contributed by atoms with Crippen LogP contribution in [-0.4, -0.2) is 49.2 Å². The molecule has 0 spiro atoms. The maximum Gasteiger partial charge on any atom is 0.220 e. The molecule has 2 rings (SSSR count). The van der Waals surface area contributed by atoms with Gasteiger partial charge in [0.15, 0.2) is 0 Å². The highest BCUT2D eigenvalue weighted by Crippen LogP contribution is 2.15. The topological polar surface area (TPSA) is 41.6 Å². The van der Waals surface area contributed by atoms with E-state index in [-0.39, 0.29) is 11.4 Å². The van der Waals surface area contributed by atoms with Crippen molar-refractivity contribution in [3.63, 3.8) is 0 Å². The Bertz CT molecular complexity index is 476. The summed E-state index contributed by atoms with van der Waals surface area (Å²) in [5, 5.41) is 3.08. The largest absolute Gasteiger partial charge is 0.379 e. The molecule has 0 unspecified atom stereocenters. The van der Waals surface area contributed by atoms with E-state index in [2.05, 4.69) is 55.3 Å². The van der Waals surface area contributed by atoms with Crippen molar-refractivity contribution in [2.45, 2.75) is 39.2 Å². The van der Waals surface area contributed by atoms with Crippen LogP contribution in [0.5, 0.6) is 0 Å². The molecular formula is C18H28N2O2. The first-order valence-electron chi connectivity index (χ1n) is 8.12. The quantitative estimate of drug-likeness (QED) is 0.875. The number of ether oxygens (including phenoxy) is 1. The van der Waals surface area contributed by atoms with Crippen molar-refractivity contribution in [1.29, 1.82) is 0 Å². The SMILES string of the molecule is Cc1ccc(CCC(=O)NCC(C)(C)N2CCOCC2)cc1. The van der Waals surface area contributed by atoms with Crippen LogP contribution in [0.1, 0.15) is 31.4 Å². The second-order valence-electron chi connectivity index (χ2n) is 6.67. The van der Waals surface area contributed by atoms with E-state index in [4.69, 9.17) is 4.74 Å². The fourth-order valence-corrected chi connectivity index (χ4v) is 2.70. The van der Waals surface area contributed by atoms with Gasteiger partial charge in [-0.25, -0.2) is 0 Å². The van der Waals surface area contributed by atoms with Crippen LogP contribution < -0.4 is 5.32 Å². The molecule has 4 heteroatoms. The normalized spacial score (nSPS) is 16.5. The number of carbonyl (C=O) groups excluding carboxylic acids is 1. The predicted molar refractivity (Wildman–Crippen MR) is 89.0 cm³/mol. The van der Waals surface area contributed by atoms with Crippen LogP contribution in [0.15, 0.2) is 24.3 Å². The van der Waals surface area contributed by atoms with Crippen molar-refractivity contribution >= 4 is 5.91 Å². The molecule has 0 aliphatic carbocycles. The minimum absolute atomic E-state index is 0.0245. The third-order valence-corrected chi connectivity index (χ3v) is 4.35. The summed E-state index contributed by atoms with van der Waals surface area (Å²) in [7, 11) is 0. The maximum atomic E-state index is 12.1. The van der Waals surface area contributed by atoms with Crippen LogP contribution in [0, 0.1) is 6.92 Å². The lowest BCUT2D eigenvalue weighted by molar-refractivity contribution is -0.121. The highest BCUT2D eigenvalue weighted by molar-refractivity contribution is 5.76. The third kappa shape index (κ3) is 5.11. The van der Waals surface area contributed by atoms with Gasteiger partial charge in [-0.05, 0) is 32.8 Å². The average molecular weight is 304 g/mol. The number of benzene rings is 1. The van der Waals surface area contributed by atoms with E-state index in [1.165, 1.54) is 11.1 Å². The number of nitrogens with one attached hydrogen (secondary N) is 1. The molecule has 122 valence electrons. The number of rotatable bonds is 6. The lowest BCUT2D eigenvalue weighted by Crippen LogP contribution is -2.55. The van der Waals surface area contributed by atoms with Gasteiger partial charge in [-0.15, -0.1) is 0 Å². The second-order valence-corrected chi connectivity index (χ2v) is 6.67. The van der Waals surface area contributed by atoms with Crippen LogP contribution in [0.3, 0.4) is 0 Å². The Morgan fingerprint density at radius 2 is 1.86 bits per heavy atom. The highest BCUT2D eigenvalue weighted by atomic mass is 16.5. The predicted octanol–water partition coefficient (Wildman–Crippen LogP) is 2.15. The lowest BCUT2D eigenvalue weighted by Gasteiger charge is -2.40. The Morgan fingerprint density at radius 1 is 1.23 bits per heavy atom. The van der Waals surface area contributed by atoms with Gasteiger partial charge >= 0.3 is 0 Å². The van der Waals surface area contributed by atoms with Crippen LogP contribution in [0.25, 0.3) is 0 Å². The Kier molecular flexibility index (Phi) is 5.98. The minimum Gasteiger partial charge on any atom is -0.379 e. The maximum absolute atomic E-state index is 12.1. The number of amides is 1. The van der Waals surface area contributed by atoms with E-state index >= 15 is 0 Å². The molecule has 1 aliphatic heterocycles. The van der Waals surface area contributed by atoms with Crippen molar-refractivity contribution in [3.05, 3.63) is 35.4 Å². The Balaban J connectivity index is 1.73. The van der Waals surface area contributed by atoms with Gasteiger partial charge in [0, 0.05) is 31.6 Å². The summed E-state index contributed by atoms with van der Waals surface area (Å²) in [6, 6.07) is 8.38. The van der Waals surface area contributed by atoms with E-state index in [9.17, 15) is 4.79 Å². The zero-order chi connectivity index (χ0) is 16.0. The van der Waals surface area contributed by atoms with E-state index in [1.54, 1.807) is 0 Å².